The summed E-state index contributed by atoms with van der Waals surface area (Å²) in [6.07, 6.45) is 6.95. The molecule has 0 aliphatic heterocycles. The number of aromatic nitrogens is 2. The minimum atomic E-state index is -0.962. The van der Waals surface area contributed by atoms with E-state index in [2.05, 4.69) is 21.9 Å². The third-order valence-electron chi connectivity index (χ3n) is 3.54. The molecule has 23 heavy (non-hydrogen) atoms. The third kappa shape index (κ3) is 2.89. The normalized spacial score (nSPS) is 10.4. The molecule has 0 saturated heterocycles. The quantitative estimate of drug-likeness (QED) is 0.705. The first-order chi connectivity index (χ1) is 11.2. The minimum Gasteiger partial charge on any atom is -0.478 e. The Morgan fingerprint density at radius 2 is 2.00 bits per heavy atom. The van der Waals surface area contributed by atoms with Crippen LogP contribution in [-0.4, -0.2) is 27.6 Å². The number of hydrogen-bond donors (Lipinski definition) is 2. The average molecular weight is 305 g/mol. The molecule has 0 spiro atoms. The van der Waals surface area contributed by atoms with Gasteiger partial charge in [0.2, 0.25) is 0 Å². The second kappa shape index (κ2) is 6.27. The van der Waals surface area contributed by atoms with Gasteiger partial charge in [0.1, 0.15) is 5.82 Å². The maximum atomic E-state index is 11.3. The lowest BCUT2D eigenvalue weighted by Crippen LogP contribution is -2.03. The predicted octanol–water partition coefficient (Wildman–Crippen LogP) is 3.59. The van der Waals surface area contributed by atoms with Crippen LogP contribution in [0.2, 0.25) is 0 Å². The summed E-state index contributed by atoms with van der Waals surface area (Å²) in [6.45, 7) is 4.23. The first-order valence-corrected chi connectivity index (χ1v) is 7.12. The average Bonchev–Trinajstić information content (AvgIpc) is 2.59. The van der Waals surface area contributed by atoms with Gasteiger partial charge in [-0.25, -0.2) is 9.78 Å². The van der Waals surface area contributed by atoms with Crippen LogP contribution in [0.1, 0.15) is 10.4 Å². The summed E-state index contributed by atoms with van der Waals surface area (Å²) in [6, 6.07) is 8.86. The van der Waals surface area contributed by atoms with Gasteiger partial charge in [0.25, 0.3) is 0 Å². The van der Waals surface area contributed by atoms with E-state index >= 15 is 0 Å². The molecule has 0 radical (unpaired) electrons. The number of aromatic carboxylic acids is 1. The van der Waals surface area contributed by atoms with Gasteiger partial charge in [-0.05, 0) is 35.2 Å². The van der Waals surface area contributed by atoms with Gasteiger partial charge in [0.05, 0.1) is 5.56 Å². The Morgan fingerprint density at radius 1 is 1.22 bits per heavy atom. The van der Waals surface area contributed by atoms with Crippen molar-refractivity contribution >= 4 is 22.6 Å². The number of carbonyl (C=O) groups is 1. The van der Waals surface area contributed by atoms with Crippen molar-refractivity contribution in [2.24, 2.45) is 0 Å². The van der Waals surface area contributed by atoms with Gasteiger partial charge < -0.3 is 10.4 Å². The molecule has 2 heterocycles. The van der Waals surface area contributed by atoms with Crippen LogP contribution >= 0.6 is 0 Å². The molecule has 1 aromatic carbocycles. The first-order valence-electron chi connectivity index (χ1n) is 7.12. The topological polar surface area (TPSA) is 75.1 Å². The SMILES string of the molecule is C=CCNc1ncc(-c2ccncc2)c2ccc(C(=O)O)cc12. The van der Waals surface area contributed by atoms with Crippen LogP contribution in [0.5, 0.6) is 0 Å². The Hall–Kier alpha value is -3.21. The lowest BCUT2D eigenvalue weighted by atomic mass is 9.99. The number of benzene rings is 1. The summed E-state index contributed by atoms with van der Waals surface area (Å²) < 4.78 is 0. The van der Waals surface area contributed by atoms with E-state index in [4.69, 9.17) is 0 Å². The van der Waals surface area contributed by atoms with E-state index in [-0.39, 0.29) is 5.56 Å². The number of pyridine rings is 2. The first kappa shape index (κ1) is 14.7. The fraction of sp³-hybridized carbons (Fsp3) is 0.0556. The Morgan fingerprint density at radius 3 is 2.70 bits per heavy atom. The lowest BCUT2D eigenvalue weighted by Gasteiger charge is -2.12. The zero-order valence-electron chi connectivity index (χ0n) is 12.4. The molecule has 0 bridgehead atoms. The van der Waals surface area contributed by atoms with Crippen molar-refractivity contribution in [3.05, 3.63) is 67.1 Å². The van der Waals surface area contributed by atoms with Gasteiger partial charge in [-0.2, -0.15) is 0 Å². The largest absolute Gasteiger partial charge is 0.478 e. The molecule has 5 nitrogen and oxygen atoms in total. The smallest absolute Gasteiger partial charge is 0.335 e. The van der Waals surface area contributed by atoms with Crippen molar-refractivity contribution in [3.8, 4) is 11.1 Å². The molecule has 0 atom stereocenters. The number of nitrogens with zero attached hydrogens (tertiary/aromatic N) is 2. The molecular formula is C18H15N3O2. The van der Waals surface area contributed by atoms with E-state index in [1.54, 1.807) is 36.8 Å². The van der Waals surface area contributed by atoms with Crippen LogP contribution in [0.4, 0.5) is 5.82 Å². The van der Waals surface area contributed by atoms with Gasteiger partial charge >= 0.3 is 5.97 Å². The second-order valence-corrected chi connectivity index (χ2v) is 4.99. The minimum absolute atomic E-state index is 0.229. The van der Waals surface area contributed by atoms with Gasteiger partial charge in [-0.15, -0.1) is 6.58 Å². The summed E-state index contributed by atoms with van der Waals surface area (Å²) >= 11 is 0. The van der Waals surface area contributed by atoms with E-state index < -0.39 is 5.97 Å². The highest BCUT2D eigenvalue weighted by Crippen LogP contribution is 2.32. The number of carboxylic acids is 1. The van der Waals surface area contributed by atoms with Crippen LogP contribution in [0.3, 0.4) is 0 Å². The zero-order chi connectivity index (χ0) is 16.2. The maximum absolute atomic E-state index is 11.3. The summed E-state index contributed by atoms with van der Waals surface area (Å²) in [4.78, 5) is 19.7. The van der Waals surface area contributed by atoms with Crippen molar-refractivity contribution < 1.29 is 9.90 Å². The van der Waals surface area contributed by atoms with Crippen LogP contribution in [0.25, 0.3) is 21.9 Å². The standard InChI is InChI=1S/C18H15N3O2/c1-2-7-20-17-15-10-13(18(22)23)3-4-14(15)16(11-21-17)12-5-8-19-9-6-12/h2-6,8-11H,1,7H2,(H,20,21)(H,22,23). The van der Waals surface area contributed by atoms with Crippen molar-refractivity contribution in [2.45, 2.75) is 0 Å². The molecule has 0 unspecified atom stereocenters. The van der Waals surface area contributed by atoms with E-state index in [1.807, 2.05) is 18.2 Å². The van der Waals surface area contributed by atoms with Crippen LogP contribution in [0.15, 0.2) is 61.6 Å². The van der Waals surface area contributed by atoms with Crippen molar-refractivity contribution in [1.82, 2.24) is 9.97 Å². The number of rotatable bonds is 5. The third-order valence-corrected chi connectivity index (χ3v) is 3.54. The van der Waals surface area contributed by atoms with Gasteiger partial charge in [0, 0.05) is 36.1 Å². The fourth-order valence-corrected chi connectivity index (χ4v) is 2.45. The van der Waals surface area contributed by atoms with Crippen LogP contribution in [0, 0.1) is 0 Å². The van der Waals surface area contributed by atoms with Crippen LogP contribution in [-0.2, 0) is 0 Å². The Kier molecular flexibility index (Phi) is 4.01. The van der Waals surface area contributed by atoms with Crippen LogP contribution < -0.4 is 5.32 Å². The number of nitrogens with one attached hydrogen (secondary N) is 1. The van der Waals surface area contributed by atoms with E-state index in [0.717, 1.165) is 21.9 Å². The molecule has 114 valence electrons. The highest BCUT2D eigenvalue weighted by atomic mass is 16.4. The number of fused-ring (bicyclic) bond motifs is 1. The molecule has 0 saturated carbocycles. The zero-order valence-corrected chi connectivity index (χ0v) is 12.4. The summed E-state index contributed by atoms with van der Waals surface area (Å²) in [5.74, 6) is -0.323. The van der Waals surface area contributed by atoms with Gasteiger partial charge in [0.15, 0.2) is 0 Å². The van der Waals surface area contributed by atoms with E-state index in [1.165, 1.54) is 0 Å². The van der Waals surface area contributed by atoms with E-state index in [0.29, 0.717) is 12.4 Å². The van der Waals surface area contributed by atoms with Crippen molar-refractivity contribution in [2.75, 3.05) is 11.9 Å². The molecule has 5 heteroatoms. The molecule has 0 aliphatic rings. The second-order valence-electron chi connectivity index (χ2n) is 4.99. The highest BCUT2D eigenvalue weighted by molar-refractivity contribution is 6.04. The van der Waals surface area contributed by atoms with Gasteiger partial charge in [-0.1, -0.05) is 12.1 Å². The van der Waals surface area contributed by atoms with Crippen molar-refractivity contribution in [3.63, 3.8) is 0 Å². The molecule has 0 aliphatic carbocycles. The Labute approximate surface area is 133 Å². The molecule has 2 aromatic heterocycles. The molecule has 2 N–H and O–H groups in total. The maximum Gasteiger partial charge on any atom is 0.335 e. The predicted molar refractivity (Wildman–Crippen MR) is 90.6 cm³/mol. The van der Waals surface area contributed by atoms with Crippen molar-refractivity contribution in [1.29, 1.82) is 0 Å². The molecule has 3 aromatic rings. The summed E-state index contributed by atoms with van der Waals surface area (Å²) in [7, 11) is 0. The molecule has 0 fully saturated rings. The Bertz CT molecular complexity index is 876. The number of carboxylic acid groups (broad SMARTS) is 1. The monoisotopic (exact) mass is 305 g/mol. The van der Waals surface area contributed by atoms with Gasteiger partial charge in [-0.3, -0.25) is 4.98 Å². The number of anilines is 1. The summed E-state index contributed by atoms with van der Waals surface area (Å²) in [5.41, 5.74) is 2.15. The summed E-state index contributed by atoms with van der Waals surface area (Å²) in [5, 5.41) is 14.1. The molecule has 3 rings (SSSR count). The fourth-order valence-electron chi connectivity index (χ4n) is 2.45. The lowest BCUT2D eigenvalue weighted by molar-refractivity contribution is 0.0697. The molecule has 0 amide bonds. The Balaban J connectivity index is 2.24. The van der Waals surface area contributed by atoms with E-state index in [9.17, 15) is 9.90 Å². The molecular weight excluding hydrogens is 290 g/mol. The highest BCUT2D eigenvalue weighted by Gasteiger charge is 2.12. The number of hydrogen-bond acceptors (Lipinski definition) is 4.